The van der Waals surface area contributed by atoms with Crippen LogP contribution >= 0.6 is 0 Å². The summed E-state index contributed by atoms with van der Waals surface area (Å²) < 4.78 is 10.6. The van der Waals surface area contributed by atoms with Gasteiger partial charge >= 0.3 is 0 Å². The van der Waals surface area contributed by atoms with Crippen molar-refractivity contribution in [3.63, 3.8) is 0 Å². The smallest absolute Gasteiger partial charge is 0.246 e. The number of carbonyl (C=O) groups is 1. The predicted octanol–water partition coefficient (Wildman–Crippen LogP) is 1.15. The molecular weight excluding hydrogens is 256 g/mol. The van der Waals surface area contributed by atoms with Crippen molar-refractivity contribution in [2.45, 2.75) is 0 Å². The van der Waals surface area contributed by atoms with E-state index in [0.29, 0.717) is 11.5 Å². The van der Waals surface area contributed by atoms with E-state index in [1.165, 1.54) is 0 Å². The van der Waals surface area contributed by atoms with Crippen molar-refractivity contribution in [3.8, 4) is 11.5 Å². The van der Waals surface area contributed by atoms with Crippen LogP contribution in [0.4, 0.5) is 0 Å². The zero-order chi connectivity index (χ0) is 14.4. The Morgan fingerprint density at radius 1 is 1.25 bits per heavy atom. The van der Waals surface area contributed by atoms with E-state index < -0.39 is 0 Å². The monoisotopic (exact) mass is 276 g/mol. The van der Waals surface area contributed by atoms with Crippen LogP contribution in [0.5, 0.6) is 11.5 Å². The average Bonchev–Trinajstić information content (AvgIpc) is 2.52. The summed E-state index contributed by atoms with van der Waals surface area (Å²) in [6.07, 6.45) is 3.36. The summed E-state index contributed by atoms with van der Waals surface area (Å²) >= 11 is 0. The third-order valence-corrected chi connectivity index (χ3v) is 3.27. The molecule has 1 aromatic carbocycles. The molecule has 5 nitrogen and oxygen atoms in total. The van der Waals surface area contributed by atoms with Crippen LogP contribution in [0.2, 0.25) is 0 Å². The molecule has 0 aliphatic carbocycles. The molecule has 5 heteroatoms. The van der Waals surface area contributed by atoms with Crippen molar-refractivity contribution >= 4 is 12.0 Å². The van der Waals surface area contributed by atoms with Crippen molar-refractivity contribution in [1.82, 2.24) is 10.2 Å². The number of carbonyl (C=O) groups excluding carboxylic acids is 1. The van der Waals surface area contributed by atoms with E-state index in [0.717, 1.165) is 31.7 Å². The normalized spacial score (nSPS) is 15.4. The molecule has 1 fully saturated rings. The van der Waals surface area contributed by atoms with Crippen LogP contribution in [0.1, 0.15) is 5.56 Å². The minimum Gasteiger partial charge on any atom is -0.493 e. The molecule has 1 amide bonds. The highest BCUT2D eigenvalue weighted by atomic mass is 16.5. The van der Waals surface area contributed by atoms with Crippen molar-refractivity contribution in [2.75, 3.05) is 40.4 Å². The number of methoxy groups -OCH3 is 2. The second-order valence-corrected chi connectivity index (χ2v) is 4.49. The molecule has 0 saturated carbocycles. The minimum absolute atomic E-state index is 0.0244. The van der Waals surface area contributed by atoms with Gasteiger partial charge < -0.3 is 19.7 Å². The molecule has 0 spiro atoms. The molecule has 108 valence electrons. The maximum atomic E-state index is 12.1. The average molecular weight is 276 g/mol. The Morgan fingerprint density at radius 3 is 2.65 bits per heavy atom. The highest BCUT2D eigenvalue weighted by Crippen LogP contribution is 2.31. The number of rotatable bonds is 4. The largest absolute Gasteiger partial charge is 0.493 e. The number of amides is 1. The zero-order valence-electron chi connectivity index (χ0n) is 11.9. The first kappa shape index (κ1) is 14.4. The lowest BCUT2D eigenvalue weighted by Crippen LogP contribution is -2.45. The highest BCUT2D eigenvalue weighted by molar-refractivity contribution is 5.92. The molecule has 1 aromatic rings. The lowest BCUT2D eigenvalue weighted by molar-refractivity contribution is -0.126. The van der Waals surface area contributed by atoms with E-state index in [4.69, 9.17) is 9.47 Å². The van der Waals surface area contributed by atoms with Gasteiger partial charge in [-0.15, -0.1) is 0 Å². The molecule has 1 N–H and O–H groups in total. The van der Waals surface area contributed by atoms with Gasteiger partial charge in [0.2, 0.25) is 5.91 Å². The Labute approximate surface area is 119 Å². The van der Waals surface area contributed by atoms with Crippen LogP contribution in [0.3, 0.4) is 0 Å². The lowest BCUT2D eigenvalue weighted by Gasteiger charge is -2.26. The molecule has 0 atom stereocenters. The zero-order valence-corrected chi connectivity index (χ0v) is 11.9. The molecule has 1 heterocycles. The fourth-order valence-electron chi connectivity index (χ4n) is 2.19. The molecule has 0 radical (unpaired) electrons. The first-order chi connectivity index (χ1) is 9.76. The van der Waals surface area contributed by atoms with Crippen LogP contribution in [-0.4, -0.2) is 51.2 Å². The summed E-state index contributed by atoms with van der Waals surface area (Å²) in [5.41, 5.74) is 0.829. The molecule has 1 saturated heterocycles. The number of nitrogens with one attached hydrogen (secondary N) is 1. The molecule has 0 bridgehead atoms. The van der Waals surface area contributed by atoms with Gasteiger partial charge in [0.25, 0.3) is 0 Å². The van der Waals surface area contributed by atoms with Gasteiger partial charge in [0.1, 0.15) is 0 Å². The number of piperazine rings is 1. The number of nitrogens with zero attached hydrogens (tertiary/aromatic N) is 1. The molecule has 2 rings (SSSR count). The summed E-state index contributed by atoms with van der Waals surface area (Å²) in [4.78, 5) is 13.9. The lowest BCUT2D eigenvalue weighted by atomic mass is 10.1. The van der Waals surface area contributed by atoms with E-state index in [1.807, 2.05) is 23.1 Å². The number of para-hydroxylation sites is 1. The second kappa shape index (κ2) is 6.96. The molecule has 20 heavy (non-hydrogen) atoms. The van der Waals surface area contributed by atoms with Crippen molar-refractivity contribution in [2.24, 2.45) is 0 Å². The quantitative estimate of drug-likeness (QED) is 0.838. The maximum Gasteiger partial charge on any atom is 0.246 e. The van der Waals surface area contributed by atoms with E-state index >= 15 is 0 Å². The summed E-state index contributed by atoms with van der Waals surface area (Å²) in [5, 5.41) is 3.22. The molecule has 0 unspecified atom stereocenters. The van der Waals surface area contributed by atoms with E-state index in [9.17, 15) is 4.79 Å². The highest BCUT2D eigenvalue weighted by Gasteiger charge is 2.14. The number of ether oxygens (including phenoxy) is 2. The first-order valence-electron chi connectivity index (χ1n) is 6.65. The van der Waals surface area contributed by atoms with Gasteiger partial charge in [-0.25, -0.2) is 0 Å². The SMILES string of the molecule is COc1cccc(/C=C\C(=O)N2CCNCC2)c1OC. The molecule has 0 aromatic heterocycles. The minimum atomic E-state index is 0.0244. The van der Waals surface area contributed by atoms with Gasteiger partial charge in [-0.05, 0) is 12.1 Å². The molecule has 1 aliphatic heterocycles. The van der Waals surface area contributed by atoms with Gasteiger partial charge in [-0.1, -0.05) is 12.1 Å². The van der Waals surface area contributed by atoms with E-state index in [1.54, 1.807) is 26.4 Å². The molecule has 1 aliphatic rings. The Hall–Kier alpha value is -2.01. The van der Waals surface area contributed by atoms with Gasteiger partial charge in [0, 0.05) is 37.8 Å². The summed E-state index contributed by atoms with van der Waals surface area (Å²) in [6.45, 7) is 3.20. The summed E-state index contributed by atoms with van der Waals surface area (Å²) in [7, 11) is 3.19. The van der Waals surface area contributed by atoms with Crippen LogP contribution in [0.25, 0.3) is 6.08 Å². The number of hydrogen-bond acceptors (Lipinski definition) is 4. The second-order valence-electron chi connectivity index (χ2n) is 4.49. The Morgan fingerprint density at radius 2 is 2.00 bits per heavy atom. The summed E-state index contributed by atoms with van der Waals surface area (Å²) in [6, 6.07) is 5.59. The third-order valence-electron chi connectivity index (χ3n) is 3.27. The van der Waals surface area contributed by atoms with E-state index in [-0.39, 0.29) is 5.91 Å². The molecular formula is C15H20N2O3. The Balaban J connectivity index is 2.12. The van der Waals surface area contributed by atoms with Gasteiger partial charge in [-0.2, -0.15) is 0 Å². The fraction of sp³-hybridized carbons (Fsp3) is 0.400. The van der Waals surface area contributed by atoms with Crippen molar-refractivity contribution in [1.29, 1.82) is 0 Å². The maximum absolute atomic E-state index is 12.1. The topological polar surface area (TPSA) is 50.8 Å². The Kier molecular flexibility index (Phi) is 5.01. The number of benzene rings is 1. The van der Waals surface area contributed by atoms with Crippen LogP contribution in [0.15, 0.2) is 24.3 Å². The van der Waals surface area contributed by atoms with Crippen molar-refractivity contribution in [3.05, 3.63) is 29.8 Å². The predicted molar refractivity (Wildman–Crippen MR) is 78.0 cm³/mol. The van der Waals surface area contributed by atoms with Gasteiger partial charge in [-0.3, -0.25) is 4.79 Å². The van der Waals surface area contributed by atoms with Gasteiger partial charge in [0.15, 0.2) is 11.5 Å². The third kappa shape index (κ3) is 3.30. The van der Waals surface area contributed by atoms with Crippen LogP contribution in [0, 0.1) is 0 Å². The van der Waals surface area contributed by atoms with E-state index in [2.05, 4.69) is 5.32 Å². The van der Waals surface area contributed by atoms with Crippen LogP contribution < -0.4 is 14.8 Å². The van der Waals surface area contributed by atoms with Crippen LogP contribution in [-0.2, 0) is 4.79 Å². The Bertz CT molecular complexity index is 494. The standard InChI is InChI=1S/C15H20N2O3/c1-19-13-5-3-4-12(15(13)20-2)6-7-14(18)17-10-8-16-9-11-17/h3-7,16H,8-11H2,1-2H3/b7-6-. The van der Waals surface area contributed by atoms with Gasteiger partial charge in [0.05, 0.1) is 14.2 Å². The fourth-order valence-corrected chi connectivity index (χ4v) is 2.19. The number of hydrogen-bond donors (Lipinski definition) is 1. The van der Waals surface area contributed by atoms with Crippen molar-refractivity contribution < 1.29 is 14.3 Å². The first-order valence-corrected chi connectivity index (χ1v) is 6.65. The summed E-state index contributed by atoms with van der Waals surface area (Å²) in [5.74, 6) is 1.32.